The Morgan fingerprint density at radius 3 is 2.42 bits per heavy atom. The fraction of sp³-hybridized carbons (Fsp3) is 0.812. The molecule has 0 aromatic rings. The number of hydrogen-bond donors (Lipinski definition) is 1. The van der Waals surface area contributed by atoms with Crippen LogP contribution in [-0.4, -0.2) is 24.5 Å². The fourth-order valence-corrected chi connectivity index (χ4v) is 2.04. The number of unbranched alkanes of at least 4 members (excludes halogenated alkanes) is 2. The Balaban J connectivity index is 3.83. The summed E-state index contributed by atoms with van der Waals surface area (Å²) in [5.74, 6) is 0.365. The van der Waals surface area contributed by atoms with Gasteiger partial charge in [-0.3, -0.25) is 4.79 Å². The van der Waals surface area contributed by atoms with Crippen molar-refractivity contribution in [2.24, 2.45) is 0 Å². The first-order chi connectivity index (χ1) is 8.97. The summed E-state index contributed by atoms with van der Waals surface area (Å²) >= 11 is 0. The van der Waals surface area contributed by atoms with Crippen LogP contribution < -0.4 is 5.32 Å². The largest absolute Gasteiger partial charge is 0.387 e. The van der Waals surface area contributed by atoms with Crippen LogP contribution in [0.3, 0.4) is 0 Å². The first-order valence-corrected chi connectivity index (χ1v) is 7.54. The number of ketones is 1. The lowest BCUT2D eigenvalue weighted by molar-refractivity contribution is -0.118. The third kappa shape index (κ3) is 8.04. The minimum Gasteiger partial charge on any atom is -0.387 e. The van der Waals surface area contributed by atoms with Crippen molar-refractivity contribution in [3.8, 4) is 0 Å². The van der Waals surface area contributed by atoms with Gasteiger partial charge < -0.3 is 10.1 Å². The van der Waals surface area contributed by atoms with E-state index in [1.54, 1.807) is 0 Å². The number of hydrogen-bond acceptors (Lipinski definition) is 3. The summed E-state index contributed by atoms with van der Waals surface area (Å²) < 4.78 is 5.95. The van der Waals surface area contributed by atoms with Gasteiger partial charge in [-0.25, -0.2) is 0 Å². The Bertz CT molecular complexity index is 282. The zero-order valence-electron chi connectivity index (χ0n) is 13.3. The van der Waals surface area contributed by atoms with Crippen molar-refractivity contribution in [1.82, 2.24) is 5.32 Å². The molecule has 0 bridgehead atoms. The second-order valence-electron chi connectivity index (χ2n) is 5.29. The van der Waals surface area contributed by atoms with E-state index in [-0.39, 0.29) is 5.60 Å². The van der Waals surface area contributed by atoms with Crippen molar-refractivity contribution in [3.05, 3.63) is 11.8 Å². The van der Waals surface area contributed by atoms with Crippen molar-refractivity contribution < 1.29 is 9.53 Å². The molecule has 0 radical (unpaired) electrons. The van der Waals surface area contributed by atoms with E-state index >= 15 is 0 Å². The van der Waals surface area contributed by atoms with E-state index < -0.39 is 0 Å². The number of carbonyl (C=O) groups is 1. The number of rotatable bonds is 11. The molecule has 0 saturated heterocycles. The van der Waals surface area contributed by atoms with Crippen LogP contribution in [0.15, 0.2) is 11.8 Å². The van der Waals surface area contributed by atoms with Gasteiger partial charge in [0.1, 0.15) is 11.4 Å². The van der Waals surface area contributed by atoms with Crippen LogP contribution in [0.25, 0.3) is 0 Å². The lowest BCUT2D eigenvalue weighted by atomic mass is 10.0. The van der Waals surface area contributed by atoms with Gasteiger partial charge in [0.15, 0.2) is 0 Å². The summed E-state index contributed by atoms with van der Waals surface area (Å²) in [6.45, 7) is 11.9. The first kappa shape index (κ1) is 18.2. The third-order valence-electron chi connectivity index (χ3n) is 3.26. The molecule has 0 aliphatic carbocycles. The van der Waals surface area contributed by atoms with Gasteiger partial charge in [0.2, 0.25) is 0 Å². The number of carbonyl (C=O) groups excluding carboxylic acids is 1. The van der Waals surface area contributed by atoms with Crippen LogP contribution in [0.4, 0.5) is 0 Å². The minimum atomic E-state index is -0.260. The molecule has 0 aromatic heterocycles. The van der Waals surface area contributed by atoms with Gasteiger partial charge in [0, 0.05) is 31.7 Å². The summed E-state index contributed by atoms with van der Waals surface area (Å²) in [6.07, 6.45) is 6.52. The summed E-state index contributed by atoms with van der Waals surface area (Å²) in [4.78, 5) is 11.2. The summed E-state index contributed by atoms with van der Waals surface area (Å²) in [5.41, 5.74) is 0.875. The predicted molar refractivity (Wildman–Crippen MR) is 81.2 cm³/mol. The Labute approximate surface area is 118 Å². The number of allylic oxidation sites excluding steroid dienone is 1. The molecule has 3 heteroatoms. The molecule has 0 unspecified atom stereocenters. The van der Waals surface area contributed by atoms with Gasteiger partial charge in [0.25, 0.3) is 0 Å². The SMILES string of the molecule is C/C=C(\NCC)C(C)(C)OCCCCCC(=O)CC. The lowest BCUT2D eigenvalue weighted by Crippen LogP contribution is -2.35. The lowest BCUT2D eigenvalue weighted by Gasteiger charge is -2.29. The monoisotopic (exact) mass is 269 g/mol. The number of Topliss-reactive ketones (excluding diaryl/α,β-unsaturated/α-hetero) is 1. The zero-order valence-corrected chi connectivity index (χ0v) is 13.3. The smallest absolute Gasteiger partial charge is 0.132 e. The highest BCUT2D eigenvalue weighted by Gasteiger charge is 2.22. The van der Waals surface area contributed by atoms with E-state index in [0.29, 0.717) is 12.2 Å². The Hall–Kier alpha value is -0.830. The highest BCUT2D eigenvalue weighted by atomic mass is 16.5. The molecule has 0 fully saturated rings. The van der Waals surface area contributed by atoms with Crippen LogP contribution in [0.2, 0.25) is 0 Å². The second kappa shape index (κ2) is 10.0. The molecule has 0 aliphatic rings. The zero-order chi connectivity index (χ0) is 14.7. The second-order valence-corrected chi connectivity index (χ2v) is 5.29. The molecule has 0 spiro atoms. The maximum Gasteiger partial charge on any atom is 0.132 e. The van der Waals surface area contributed by atoms with Crippen LogP contribution in [0.5, 0.6) is 0 Å². The van der Waals surface area contributed by atoms with Gasteiger partial charge in [-0.05, 0) is 40.5 Å². The summed E-state index contributed by atoms with van der Waals surface area (Å²) in [5, 5.41) is 3.34. The molecule has 0 aliphatic heterocycles. The average Bonchev–Trinajstić information content (AvgIpc) is 2.39. The normalized spacial score (nSPS) is 12.6. The highest BCUT2D eigenvalue weighted by Crippen LogP contribution is 2.19. The molecule has 0 amide bonds. The molecule has 0 saturated carbocycles. The Kier molecular flexibility index (Phi) is 9.58. The van der Waals surface area contributed by atoms with Crippen LogP contribution in [0, 0.1) is 0 Å². The fourth-order valence-electron chi connectivity index (χ4n) is 2.04. The molecule has 0 atom stereocenters. The Morgan fingerprint density at radius 2 is 1.89 bits per heavy atom. The van der Waals surface area contributed by atoms with Crippen molar-refractivity contribution in [1.29, 1.82) is 0 Å². The van der Waals surface area contributed by atoms with E-state index in [1.807, 2.05) is 13.8 Å². The molecule has 0 aromatic carbocycles. The maximum atomic E-state index is 11.2. The molecule has 0 rings (SSSR count). The van der Waals surface area contributed by atoms with E-state index in [4.69, 9.17) is 4.74 Å². The van der Waals surface area contributed by atoms with Gasteiger partial charge in [-0.2, -0.15) is 0 Å². The van der Waals surface area contributed by atoms with Crippen LogP contribution >= 0.6 is 0 Å². The molecular formula is C16H31NO2. The van der Waals surface area contributed by atoms with E-state index in [0.717, 1.165) is 44.5 Å². The van der Waals surface area contributed by atoms with Crippen molar-refractivity contribution in [2.45, 2.75) is 72.3 Å². The van der Waals surface area contributed by atoms with Gasteiger partial charge in [-0.1, -0.05) is 19.4 Å². The Morgan fingerprint density at radius 1 is 1.21 bits per heavy atom. The van der Waals surface area contributed by atoms with Gasteiger partial charge >= 0.3 is 0 Å². The molecule has 112 valence electrons. The molecular weight excluding hydrogens is 238 g/mol. The number of nitrogens with one attached hydrogen (secondary N) is 1. The summed E-state index contributed by atoms with van der Waals surface area (Å²) in [7, 11) is 0. The van der Waals surface area contributed by atoms with Crippen molar-refractivity contribution >= 4 is 5.78 Å². The molecule has 0 heterocycles. The van der Waals surface area contributed by atoms with Crippen LogP contribution in [0.1, 0.15) is 66.7 Å². The van der Waals surface area contributed by atoms with E-state index in [1.165, 1.54) is 0 Å². The van der Waals surface area contributed by atoms with E-state index in [9.17, 15) is 4.79 Å². The molecule has 1 N–H and O–H groups in total. The molecule has 3 nitrogen and oxygen atoms in total. The van der Waals surface area contributed by atoms with Crippen LogP contribution in [-0.2, 0) is 9.53 Å². The topological polar surface area (TPSA) is 38.3 Å². The van der Waals surface area contributed by atoms with Gasteiger partial charge in [0.05, 0.1) is 0 Å². The van der Waals surface area contributed by atoms with Gasteiger partial charge in [-0.15, -0.1) is 0 Å². The predicted octanol–water partition coefficient (Wildman–Crippen LogP) is 3.83. The maximum absolute atomic E-state index is 11.2. The van der Waals surface area contributed by atoms with Crippen molar-refractivity contribution in [3.63, 3.8) is 0 Å². The third-order valence-corrected chi connectivity index (χ3v) is 3.26. The molecule has 19 heavy (non-hydrogen) atoms. The quantitative estimate of drug-likeness (QED) is 0.579. The highest BCUT2D eigenvalue weighted by molar-refractivity contribution is 5.77. The first-order valence-electron chi connectivity index (χ1n) is 7.54. The summed E-state index contributed by atoms with van der Waals surface area (Å²) in [6, 6.07) is 0. The standard InChI is InChI=1S/C16H31NO2/c1-6-14(18)12-10-9-11-13-19-16(4,5)15(7-2)17-8-3/h7,17H,6,8-13H2,1-5H3/b15-7-. The van der Waals surface area contributed by atoms with Crippen molar-refractivity contribution in [2.75, 3.05) is 13.2 Å². The number of likely N-dealkylation sites (N-methyl/N-ethyl adjacent to an activating group) is 1. The number of ether oxygens (including phenoxy) is 1. The van der Waals surface area contributed by atoms with E-state index in [2.05, 4.69) is 32.2 Å². The average molecular weight is 269 g/mol. The minimum absolute atomic E-state index is 0.260.